The van der Waals surface area contributed by atoms with Crippen LogP contribution >= 0.6 is 0 Å². The molecule has 0 saturated heterocycles. The van der Waals surface area contributed by atoms with Gasteiger partial charge in [-0.05, 0) is 91.9 Å². The van der Waals surface area contributed by atoms with Gasteiger partial charge in [-0.15, -0.1) is 0 Å². The van der Waals surface area contributed by atoms with Gasteiger partial charge in [0.25, 0.3) is 0 Å². The van der Waals surface area contributed by atoms with Gasteiger partial charge in [0.2, 0.25) is 0 Å². The SMILES string of the molecule is CC(C(=O)C(C)c1cc(C(C)(C)C)cc2c1CCC2(C)C)c1cc(C(C)(C)C)cc2c1CCC2(C)C. The number of hydrogen-bond donors (Lipinski definition) is 0. The zero-order chi connectivity index (χ0) is 27.0. The minimum atomic E-state index is -0.103. The van der Waals surface area contributed by atoms with E-state index in [0.717, 1.165) is 25.7 Å². The smallest absolute Gasteiger partial charge is 0.147 e. The minimum absolute atomic E-state index is 0.0598. The first-order valence-corrected chi connectivity index (χ1v) is 14.2. The highest BCUT2D eigenvalue weighted by atomic mass is 16.1. The number of fused-ring (bicyclic) bond motifs is 2. The average molecular weight is 487 g/mol. The molecule has 2 aromatic carbocycles. The molecule has 0 amide bonds. The molecule has 196 valence electrons. The number of Topliss-reactive ketones (excluding diaryl/α,β-unsaturated/α-hetero) is 1. The molecule has 0 aliphatic heterocycles. The van der Waals surface area contributed by atoms with E-state index in [0.29, 0.717) is 5.78 Å². The number of benzene rings is 2. The average Bonchev–Trinajstić information content (AvgIpc) is 3.25. The fourth-order valence-electron chi connectivity index (χ4n) is 6.62. The summed E-state index contributed by atoms with van der Waals surface area (Å²) in [5.74, 6) is 0.160. The number of rotatable bonds is 4. The van der Waals surface area contributed by atoms with Gasteiger partial charge in [0, 0.05) is 11.8 Å². The van der Waals surface area contributed by atoms with Gasteiger partial charge in [-0.1, -0.05) is 107 Å². The summed E-state index contributed by atoms with van der Waals surface area (Å²) in [5.41, 5.74) is 11.6. The molecule has 0 saturated carbocycles. The summed E-state index contributed by atoms with van der Waals surface area (Å²) in [7, 11) is 0. The molecule has 2 aliphatic carbocycles. The van der Waals surface area contributed by atoms with E-state index in [2.05, 4.69) is 107 Å². The monoisotopic (exact) mass is 486 g/mol. The number of ketones is 1. The van der Waals surface area contributed by atoms with Crippen LogP contribution in [0.25, 0.3) is 0 Å². The van der Waals surface area contributed by atoms with Gasteiger partial charge in [0.05, 0.1) is 0 Å². The maximum Gasteiger partial charge on any atom is 0.147 e. The van der Waals surface area contributed by atoms with Crippen LogP contribution in [-0.4, -0.2) is 5.78 Å². The summed E-state index contributed by atoms with van der Waals surface area (Å²) < 4.78 is 0. The molecule has 2 aromatic rings. The second-order valence-corrected chi connectivity index (χ2v) is 15.3. The van der Waals surface area contributed by atoms with Gasteiger partial charge in [-0.25, -0.2) is 0 Å². The zero-order valence-electron chi connectivity index (χ0n) is 25.2. The highest BCUT2D eigenvalue weighted by Gasteiger charge is 2.38. The maximum atomic E-state index is 14.3. The molecular weight excluding hydrogens is 436 g/mol. The number of hydrogen-bond acceptors (Lipinski definition) is 1. The van der Waals surface area contributed by atoms with Crippen molar-refractivity contribution >= 4 is 5.78 Å². The molecule has 36 heavy (non-hydrogen) atoms. The third kappa shape index (κ3) is 4.61. The van der Waals surface area contributed by atoms with Crippen molar-refractivity contribution in [3.63, 3.8) is 0 Å². The molecule has 1 nitrogen and oxygen atoms in total. The Labute approximate surface area is 221 Å². The van der Waals surface area contributed by atoms with Gasteiger partial charge in [-0.3, -0.25) is 4.79 Å². The van der Waals surface area contributed by atoms with E-state index in [1.807, 2.05) is 0 Å². The Morgan fingerprint density at radius 2 is 1.00 bits per heavy atom. The Hall–Kier alpha value is -1.89. The predicted octanol–water partition coefficient (Wildman–Crippen LogP) is 9.21. The van der Waals surface area contributed by atoms with Crippen molar-refractivity contribution in [1.82, 2.24) is 0 Å². The van der Waals surface area contributed by atoms with Crippen LogP contribution in [0.15, 0.2) is 24.3 Å². The van der Waals surface area contributed by atoms with Crippen LogP contribution < -0.4 is 0 Å². The van der Waals surface area contributed by atoms with Crippen LogP contribution in [0.2, 0.25) is 0 Å². The summed E-state index contributed by atoms with van der Waals surface area (Å²) in [6.45, 7) is 27.6. The van der Waals surface area contributed by atoms with Gasteiger partial charge < -0.3 is 0 Å². The molecule has 2 atom stereocenters. The van der Waals surface area contributed by atoms with E-state index < -0.39 is 0 Å². The van der Waals surface area contributed by atoms with E-state index >= 15 is 0 Å². The largest absolute Gasteiger partial charge is 0.298 e. The van der Waals surface area contributed by atoms with Crippen LogP contribution in [0.5, 0.6) is 0 Å². The van der Waals surface area contributed by atoms with Crippen molar-refractivity contribution in [2.24, 2.45) is 0 Å². The predicted molar refractivity (Wildman–Crippen MR) is 155 cm³/mol. The van der Waals surface area contributed by atoms with Crippen LogP contribution in [0.3, 0.4) is 0 Å². The topological polar surface area (TPSA) is 17.1 Å². The fourth-order valence-corrected chi connectivity index (χ4v) is 6.62. The van der Waals surface area contributed by atoms with Crippen molar-refractivity contribution in [1.29, 1.82) is 0 Å². The summed E-state index contributed by atoms with van der Waals surface area (Å²) in [6.07, 6.45) is 4.49. The highest BCUT2D eigenvalue weighted by molar-refractivity contribution is 5.92. The first-order chi connectivity index (χ1) is 16.3. The van der Waals surface area contributed by atoms with Crippen LogP contribution in [0.4, 0.5) is 0 Å². The number of carbonyl (C=O) groups excluding carboxylic acids is 1. The summed E-state index contributed by atoms with van der Waals surface area (Å²) in [5, 5.41) is 0. The van der Waals surface area contributed by atoms with E-state index in [1.54, 1.807) is 0 Å². The minimum Gasteiger partial charge on any atom is -0.298 e. The van der Waals surface area contributed by atoms with Gasteiger partial charge in [0.1, 0.15) is 5.78 Å². The Morgan fingerprint density at radius 1 is 0.667 bits per heavy atom. The summed E-state index contributed by atoms with van der Waals surface area (Å²) in [4.78, 5) is 14.3. The first-order valence-electron chi connectivity index (χ1n) is 14.2. The lowest BCUT2D eigenvalue weighted by atomic mass is 9.74. The maximum absolute atomic E-state index is 14.3. The molecule has 0 fully saturated rings. The molecule has 0 heterocycles. The van der Waals surface area contributed by atoms with Crippen molar-refractivity contribution < 1.29 is 4.79 Å². The third-order valence-electron chi connectivity index (χ3n) is 9.55. The van der Waals surface area contributed by atoms with Crippen LogP contribution in [0, 0.1) is 0 Å². The Balaban J connectivity index is 1.81. The Kier molecular flexibility index (Phi) is 6.46. The molecule has 1 heteroatoms. The van der Waals surface area contributed by atoms with Crippen LogP contribution in [0.1, 0.15) is 152 Å². The molecular formula is C35H50O. The Morgan fingerprint density at radius 3 is 1.31 bits per heavy atom. The molecule has 2 unspecified atom stereocenters. The van der Waals surface area contributed by atoms with Gasteiger partial charge in [-0.2, -0.15) is 0 Å². The van der Waals surface area contributed by atoms with Crippen molar-refractivity contribution in [3.05, 3.63) is 68.8 Å². The van der Waals surface area contributed by atoms with Gasteiger partial charge >= 0.3 is 0 Å². The lowest BCUT2D eigenvalue weighted by Gasteiger charge is -2.29. The van der Waals surface area contributed by atoms with E-state index in [-0.39, 0.29) is 33.5 Å². The van der Waals surface area contributed by atoms with Crippen LogP contribution in [-0.2, 0) is 39.3 Å². The van der Waals surface area contributed by atoms with Crippen molar-refractivity contribution in [2.75, 3.05) is 0 Å². The second kappa shape index (κ2) is 8.57. The Bertz CT molecular complexity index is 1100. The molecule has 0 N–H and O–H groups in total. The highest BCUT2D eigenvalue weighted by Crippen LogP contribution is 2.47. The molecule has 2 aliphatic rings. The van der Waals surface area contributed by atoms with Crippen molar-refractivity contribution in [2.45, 2.75) is 142 Å². The standard InChI is InChI=1S/C35H50O/c1-21(27-17-23(32(3,4)5)19-29-25(27)13-15-34(29,9)10)31(36)22(2)28-18-24(33(6,7)8)20-30-26(28)14-16-35(30,11)12/h17-22H,13-16H2,1-12H3. The molecule has 4 rings (SSSR count). The van der Waals surface area contributed by atoms with Gasteiger partial charge in [0.15, 0.2) is 0 Å². The zero-order valence-corrected chi connectivity index (χ0v) is 25.2. The lowest BCUT2D eigenvalue weighted by Crippen LogP contribution is -2.23. The third-order valence-corrected chi connectivity index (χ3v) is 9.55. The second-order valence-electron chi connectivity index (χ2n) is 15.3. The first kappa shape index (κ1) is 27.2. The van der Waals surface area contributed by atoms with Crippen molar-refractivity contribution in [3.8, 4) is 0 Å². The van der Waals surface area contributed by atoms with E-state index in [1.165, 1.54) is 44.5 Å². The molecule has 0 aromatic heterocycles. The van der Waals surface area contributed by atoms with E-state index in [4.69, 9.17) is 0 Å². The quantitative estimate of drug-likeness (QED) is 0.421. The molecule has 0 radical (unpaired) electrons. The summed E-state index contributed by atoms with van der Waals surface area (Å²) >= 11 is 0. The molecule has 0 spiro atoms. The van der Waals surface area contributed by atoms with E-state index in [9.17, 15) is 4.79 Å². The fraction of sp³-hybridized carbons (Fsp3) is 0.629. The lowest BCUT2D eigenvalue weighted by molar-refractivity contribution is -0.121. The molecule has 0 bridgehead atoms. The number of carbonyl (C=O) groups is 1. The normalized spacial score (nSPS) is 20.1. The summed E-state index contributed by atoms with van der Waals surface area (Å²) in [6, 6.07) is 9.62.